The lowest BCUT2D eigenvalue weighted by Crippen LogP contribution is -2.48. The Morgan fingerprint density at radius 2 is 1.74 bits per heavy atom. The third kappa shape index (κ3) is 10.7. The van der Waals surface area contributed by atoms with E-state index in [0.29, 0.717) is 24.0 Å². The molecular weight excluding hydrogens is 522 g/mol. The number of nitrogens with one attached hydrogen (secondary N) is 2. The number of halogens is 4. The third-order valence-corrected chi connectivity index (χ3v) is 5.05. The van der Waals surface area contributed by atoms with E-state index in [0.717, 1.165) is 45.8 Å². The summed E-state index contributed by atoms with van der Waals surface area (Å²) in [6, 6.07) is 6.08. The number of piperazine rings is 1. The molecule has 10 heteroatoms. The van der Waals surface area contributed by atoms with Crippen LogP contribution in [0.4, 0.5) is 13.2 Å². The first kappa shape index (κ1) is 27.8. The maximum Gasteiger partial charge on any atom is 0.573 e. The summed E-state index contributed by atoms with van der Waals surface area (Å²) in [4.78, 5) is 9.37. The molecule has 0 radical (unpaired) electrons. The molecule has 2 rings (SSSR count). The number of ether oxygens (including phenoxy) is 1. The van der Waals surface area contributed by atoms with Crippen molar-refractivity contribution in [1.29, 1.82) is 0 Å². The molecule has 1 heterocycles. The van der Waals surface area contributed by atoms with Crippen LogP contribution in [0.1, 0.15) is 26.3 Å². The Balaban J connectivity index is 0.00000480. The average molecular weight is 557 g/mol. The lowest BCUT2D eigenvalue weighted by atomic mass is 10.1. The zero-order chi connectivity index (χ0) is 22.0. The summed E-state index contributed by atoms with van der Waals surface area (Å²) in [5, 5.41) is 6.46. The molecule has 1 aliphatic heterocycles. The zero-order valence-corrected chi connectivity index (χ0v) is 20.9. The van der Waals surface area contributed by atoms with E-state index in [9.17, 15) is 13.2 Å². The molecule has 0 bridgehead atoms. The minimum absolute atomic E-state index is 0. The summed E-state index contributed by atoms with van der Waals surface area (Å²) in [5.41, 5.74) is 0.383. The largest absolute Gasteiger partial charge is 0.573 e. The Morgan fingerprint density at radius 1 is 1.10 bits per heavy atom. The summed E-state index contributed by atoms with van der Waals surface area (Å²) in [5.74, 6) is 0.786. The minimum atomic E-state index is -4.72. The number of rotatable bonds is 9. The summed E-state index contributed by atoms with van der Waals surface area (Å²) in [7, 11) is 0. The van der Waals surface area contributed by atoms with Gasteiger partial charge >= 0.3 is 6.36 Å². The first-order valence-corrected chi connectivity index (χ1v) is 10.6. The molecule has 2 N–H and O–H groups in total. The van der Waals surface area contributed by atoms with Crippen LogP contribution < -0.4 is 15.4 Å². The van der Waals surface area contributed by atoms with Gasteiger partial charge in [-0.1, -0.05) is 32.0 Å². The van der Waals surface area contributed by atoms with Crippen molar-refractivity contribution in [3.05, 3.63) is 29.8 Å². The molecule has 0 saturated carbocycles. The molecule has 6 nitrogen and oxygen atoms in total. The first-order valence-electron chi connectivity index (χ1n) is 10.6. The molecular formula is C21H35F3IN5O. The van der Waals surface area contributed by atoms with Gasteiger partial charge in [0.15, 0.2) is 5.96 Å². The molecule has 0 amide bonds. The highest BCUT2D eigenvalue weighted by atomic mass is 127. The smallest absolute Gasteiger partial charge is 0.405 e. The molecule has 1 aliphatic rings. The Labute approximate surface area is 200 Å². The van der Waals surface area contributed by atoms with Crippen molar-refractivity contribution in [1.82, 2.24) is 20.4 Å². The highest BCUT2D eigenvalue weighted by molar-refractivity contribution is 14.0. The molecule has 0 aliphatic carbocycles. The van der Waals surface area contributed by atoms with E-state index in [1.165, 1.54) is 12.1 Å². The number of benzene rings is 1. The van der Waals surface area contributed by atoms with Gasteiger partial charge in [0.25, 0.3) is 0 Å². The minimum Gasteiger partial charge on any atom is -0.405 e. The van der Waals surface area contributed by atoms with Crippen molar-refractivity contribution in [2.45, 2.75) is 33.7 Å². The number of para-hydroxylation sites is 1. The van der Waals surface area contributed by atoms with Crippen LogP contribution >= 0.6 is 24.0 Å². The first-order chi connectivity index (χ1) is 14.3. The highest BCUT2D eigenvalue weighted by Gasteiger charge is 2.31. The maximum atomic E-state index is 12.6. The van der Waals surface area contributed by atoms with Gasteiger partial charge in [-0.2, -0.15) is 0 Å². The number of hydrogen-bond acceptors (Lipinski definition) is 4. The van der Waals surface area contributed by atoms with E-state index < -0.39 is 6.36 Å². The van der Waals surface area contributed by atoms with Gasteiger partial charge in [0.2, 0.25) is 0 Å². The third-order valence-electron chi connectivity index (χ3n) is 5.05. The summed E-state index contributed by atoms with van der Waals surface area (Å²) in [6.45, 7) is 14.3. The normalized spacial score (nSPS) is 17.0. The molecule has 1 fully saturated rings. The van der Waals surface area contributed by atoms with Crippen LogP contribution in [0.5, 0.6) is 5.75 Å². The van der Waals surface area contributed by atoms with Gasteiger partial charge < -0.3 is 25.2 Å². The maximum absolute atomic E-state index is 12.6. The lowest BCUT2D eigenvalue weighted by Gasteiger charge is -2.35. The van der Waals surface area contributed by atoms with Crippen molar-refractivity contribution < 1.29 is 17.9 Å². The Bertz CT molecular complexity index is 667. The van der Waals surface area contributed by atoms with Gasteiger partial charge in [0, 0.05) is 51.4 Å². The Hall–Kier alpha value is -1.27. The van der Waals surface area contributed by atoms with E-state index in [1.54, 1.807) is 12.1 Å². The van der Waals surface area contributed by atoms with E-state index in [-0.39, 0.29) is 36.3 Å². The van der Waals surface area contributed by atoms with Gasteiger partial charge in [-0.05, 0) is 25.5 Å². The zero-order valence-electron chi connectivity index (χ0n) is 18.5. The number of likely N-dealkylation sites (N-methyl/N-ethyl adjacent to an activating group) is 1. The fraction of sp³-hybridized carbons (Fsp3) is 0.667. The molecule has 1 atom stereocenters. The van der Waals surface area contributed by atoms with Crippen LogP contribution in [-0.2, 0) is 6.54 Å². The number of hydrogen-bond donors (Lipinski definition) is 2. The molecule has 1 aromatic rings. The van der Waals surface area contributed by atoms with Gasteiger partial charge in [-0.15, -0.1) is 37.1 Å². The molecule has 1 aromatic carbocycles. The van der Waals surface area contributed by atoms with Crippen molar-refractivity contribution in [3.8, 4) is 5.75 Å². The van der Waals surface area contributed by atoms with Gasteiger partial charge in [-0.3, -0.25) is 0 Å². The molecule has 1 unspecified atom stereocenters. The molecule has 0 spiro atoms. The van der Waals surface area contributed by atoms with Crippen molar-refractivity contribution in [2.24, 2.45) is 10.9 Å². The lowest BCUT2D eigenvalue weighted by molar-refractivity contribution is -0.274. The molecule has 1 saturated heterocycles. The van der Waals surface area contributed by atoms with Crippen molar-refractivity contribution >= 4 is 29.9 Å². The summed E-state index contributed by atoms with van der Waals surface area (Å²) < 4.78 is 41.9. The Morgan fingerprint density at radius 3 is 2.35 bits per heavy atom. The van der Waals surface area contributed by atoms with Gasteiger partial charge in [0.1, 0.15) is 5.75 Å². The second-order valence-electron chi connectivity index (χ2n) is 7.57. The van der Waals surface area contributed by atoms with Gasteiger partial charge in [0.05, 0.1) is 6.54 Å². The van der Waals surface area contributed by atoms with E-state index in [4.69, 9.17) is 0 Å². The molecule has 31 heavy (non-hydrogen) atoms. The van der Waals surface area contributed by atoms with Gasteiger partial charge in [-0.25, -0.2) is 4.99 Å². The highest BCUT2D eigenvalue weighted by Crippen LogP contribution is 2.26. The van der Waals surface area contributed by atoms with Crippen LogP contribution in [0, 0.1) is 5.92 Å². The standard InChI is InChI=1S/C21H34F3N5O.HI/c1-4-25-20(26-14-17(3)16-29-12-10-28(5-2)11-13-29)27-15-18-8-6-7-9-19(18)30-21(22,23)24;/h6-9,17H,4-5,10-16H2,1-3H3,(H2,25,26,27);1H. The number of aliphatic imine (C=N–C) groups is 1. The number of nitrogens with zero attached hydrogens (tertiary/aromatic N) is 3. The fourth-order valence-electron chi connectivity index (χ4n) is 3.43. The average Bonchev–Trinajstić information content (AvgIpc) is 2.70. The monoisotopic (exact) mass is 557 g/mol. The van der Waals surface area contributed by atoms with Crippen LogP contribution in [-0.4, -0.2) is 74.5 Å². The fourth-order valence-corrected chi connectivity index (χ4v) is 3.43. The van der Waals surface area contributed by atoms with Crippen LogP contribution in [0.3, 0.4) is 0 Å². The number of guanidine groups is 1. The summed E-state index contributed by atoms with van der Waals surface area (Å²) >= 11 is 0. The quantitative estimate of drug-likeness (QED) is 0.277. The predicted molar refractivity (Wildman–Crippen MR) is 129 cm³/mol. The second-order valence-corrected chi connectivity index (χ2v) is 7.57. The van der Waals surface area contributed by atoms with E-state index >= 15 is 0 Å². The number of alkyl halides is 3. The van der Waals surface area contributed by atoms with E-state index in [2.05, 4.69) is 44.0 Å². The van der Waals surface area contributed by atoms with Crippen LogP contribution in [0.15, 0.2) is 29.3 Å². The van der Waals surface area contributed by atoms with Crippen molar-refractivity contribution in [3.63, 3.8) is 0 Å². The van der Waals surface area contributed by atoms with E-state index in [1.807, 2.05) is 6.92 Å². The van der Waals surface area contributed by atoms with Crippen LogP contribution in [0.25, 0.3) is 0 Å². The summed E-state index contributed by atoms with van der Waals surface area (Å²) in [6.07, 6.45) is -4.72. The molecule has 0 aromatic heterocycles. The SMILES string of the molecule is CCNC(=NCc1ccccc1OC(F)(F)F)NCC(C)CN1CCN(CC)CC1.I. The molecule has 178 valence electrons. The Kier molecular flexibility index (Phi) is 12.5. The second kappa shape index (κ2) is 14.0. The predicted octanol–water partition coefficient (Wildman–Crippen LogP) is 3.53. The van der Waals surface area contributed by atoms with Crippen LogP contribution in [0.2, 0.25) is 0 Å². The van der Waals surface area contributed by atoms with Crippen molar-refractivity contribution in [2.75, 3.05) is 52.4 Å². The topological polar surface area (TPSA) is 52.1 Å².